The molecule has 0 bridgehead atoms. The van der Waals surface area contributed by atoms with Crippen LogP contribution in [0.2, 0.25) is 5.02 Å². The van der Waals surface area contributed by atoms with Gasteiger partial charge in [-0.25, -0.2) is 8.42 Å². The zero-order chi connectivity index (χ0) is 21.1. The fraction of sp³-hybridized carbons (Fsp3) is 0.0435. The molecule has 0 unspecified atom stereocenters. The summed E-state index contributed by atoms with van der Waals surface area (Å²) in [5.41, 5.74) is 0.235. The van der Waals surface area contributed by atoms with E-state index in [1.165, 1.54) is 6.07 Å². The standard InChI is InChI=1S/C23H18ClNO4S/c1-28-19-7-4-8-20(15-19)29-23-12-10-18(24)14-22(23)25-30(26,27)21-11-9-16-5-2-3-6-17(16)13-21/h2-15,25H,1H3. The van der Waals surface area contributed by atoms with Crippen molar-refractivity contribution in [3.63, 3.8) is 0 Å². The van der Waals surface area contributed by atoms with E-state index in [2.05, 4.69) is 4.72 Å². The van der Waals surface area contributed by atoms with Crippen LogP contribution >= 0.6 is 11.6 Å². The Labute approximate surface area is 179 Å². The summed E-state index contributed by atoms with van der Waals surface area (Å²) in [5, 5.41) is 2.17. The van der Waals surface area contributed by atoms with Gasteiger partial charge < -0.3 is 9.47 Å². The molecule has 0 spiro atoms. The molecule has 0 heterocycles. The van der Waals surface area contributed by atoms with E-state index >= 15 is 0 Å². The fourth-order valence-electron chi connectivity index (χ4n) is 3.00. The van der Waals surface area contributed by atoms with E-state index in [1.807, 2.05) is 24.3 Å². The number of benzene rings is 4. The van der Waals surface area contributed by atoms with Crippen LogP contribution in [0.4, 0.5) is 5.69 Å². The molecule has 4 aromatic rings. The molecule has 5 nitrogen and oxygen atoms in total. The fourth-order valence-corrected chi connectivity index (χ4v) is 4.27. The lowest BCUT2D eigenvalue weighted by atomic mass is 10.1. The van der Waals surface area contributed by atoms with E-state index in [0.29, 0.717) is 22.3 Å². The normalized spacial score (nSPS) is 11.3. The van der Waals surface area contributed by atoms with Gasteiger partial charge in [0.25, 0.3) is 10.0 Å². The van der Waals surface area contributed by atoms with Gasteiger partial charge in [0.2, 0.25) is 0 Å². The van der Waals surface area contributed by atoms with Crippen LogP contribution in [-0.2, 0) is 10.0 Å². The molecule has 7 heteroatoms. The number of rotatable bonds is 6. The van der Waals surface area contributed by atoms with Gasteiger partial charge in [0.15, 0.2) is 5.75 Å². The van der Waals surface area contributed by atoms with E-state index in [4.69, 9.17) is 21.1 Å². The first-order valence-electron chi connectivity index (χ1n) is 9.08. The summed E-state index contributed by atoms with van der Waals surface area (Å²) < 4.78 is 39.7. The highest BCUT2D eigenvalue weighted by molar-refractivity contribution is 7.92. The highest BCUT2D eigenvalue weighted by Gasteiger charge is 2.18. The van der Waals surface area contributed by atoms with Crippen molar-refractivity contribution in [2.75, 3.05) is 11.8 Å². The predicted molar refractivity (Wildman–Crippen MR) is 119 cm³/mol. The first-order chi connectivity index (χ1) is 14.4. The first kappa shape index (κ1) is 20.1. The molecular formula is C23H18ClNO4S. The smallest absolute Gasteiger partial charge is 0.262 e. The number of hydrogen-bond donors (Lipinski definition) is 1. The van der Waals surface area contributed by atoms with Crippen molar-refractivity contribution in [2.45, 2.75) is 4.90 Å². The van der Waals surface area contributed by atoms with Crippen molar-refractivity contribution in [2.24, 2.45) is 0 Å². The van der Waals surface area contributed by atoms with Gasteiger partial charge in [0.1, 0.15) is 11.5 Å². The Morgan fingerprint density at radius 1 is 0.800 bits per heavy atom. The number of hydrogen-bond acceptors (Lipinski definition) is 4. The van der Waals surface area contributed by atoms with E-state index < -0.39 is 10.0 Å². The summed E-state index contributed by atoms with van der Waals surface area (Å²) in [7, 11) is -2.30. The Morgan fingerprint density at radius 3 is 2.37 bits per heavy atom. The molecule has 0 aliphatic rings. The minimum atomic E-state index is -3.86. The van der Waals surface area contributed by atoms with Gasteiger partial charge in [-0.05, 0) is 53.2 Å². The zero-order valence-electron chi connectivity index (χ0n) is 16.0. The molecular weight excluding hydrogens is 422 g/mol. The predicted octanol–water partition coefficient (Wildman–Crippen LogP) is 6.09. The number of fused-ring (bicyclic) bond motifs is 1. The van der Waals surface area contributed by atoms with Crippen molar-refractivity contribution in [3.8, 4) is 17.2 Å². The second kappa shape index (κ2) is 8.26. The van der Waals surface area contributed by atoms with Crippen molar-refractivity contribution in [1.29, 1.82) is 0 Å². The zero-order valence-corrected chi connectivity index (χ0v) is 17.6. The lowest BCUT2D eigenvalue weighted by Gasteiger charge is -2.15. The molecule has 0 aliphatic heterocycles. The number of anilines is 1. The van der Waals surface area contributed by atoms with E-state index in [0.717, 1.165) is 10.8 Å². The quantitative estimate of drug-likeness (QED) is 0.394. The Bertz CT molecular complexity index is 1320. The van der Waals surface area contributed by atoms with E-state index in [1.54, 1.807) is 61.7 Å². The van der Waals surface area contributed by atoms with Gasteiger partial charge in [-0.2, -0.15) is 0 Å². The van der Waals surface area contributed by atoms with Crippen molar-refractivity contribution in [3.05, 3.63) is 90.0 Å². The maximum atomic E-state index is 13.0. The maximum absolute atomic E-state index is 13.0. The maximum Gasteiger partial charge on any atom is 0.262 e. The lowest BCUT2D eigenvalue weighted by Crippen LogP contribution is -2.13. The Kier molecular flexibility index (Phi) is 5.53. The Balaban J connectivity index is 1.68. The molecule has 0 atom stereocenters. The summed E-state index contributed by atoms with van der Waals surface area (Å²) in [4.78, 5) is 0.147. The summed E-state index contributed by atoms with van der Waals surface area (Å²) in [6, 6.07) is 24.3. The molecule has 0 fully saturated rings. The summed E-state index contributed by atoms with van der Waals surface area (Å²) in [5.74, 6) is 1.44. The molecule has 0 saturated heterocycles. The second-order valence-electron chi connectivity index (χ2n) is 6.54. The van der Waals surface area contributed by atoms with Crippen molar-refractivity contribution < 1.29 is 17.9 Å². The molecule has 1 N–H and O–H groups in total. The van der Waals surface area contributed by atoms with Gasteiger partial charge in [-0.15, -0.1) is 0 Å². The van der Waals surface area contributed by atoms with Crippen LogP contribution in [0.3, 0.4) is 0 Å². The minimum Gasteiger partial charge on any atom is -0.497 e. The Morgan fingerprint density at radius 2 is 1.57 bits per heavy atom. The number of nitrogens with one attached hydrogen (secondary N) is 1. The third-order valence-electron chi connectivity index (χ3n) is 4.49. The molecule has 4 aromatic carbocycles. The average Bonchev–Trinajstić information content (AvgIpc) is 2.75. The van der Waals surface area contributed by atoms with Crippen molar-refractivity contribution >= 4 is 38.1 Å². The van der Waals surface area contributed by atoms with E-state index in [9.17, 15) is 8.42 Å². The monoisotopic (exact) mass is 439 g/mol. The number of methoxy groups -OCH3 is 1. The van der Waals surface area contributed by atoms with Gasteiger partial charge >= 0.3 is 0 Å². The van der Waals surface area contributed by atoms with Crippen LogP contribution in [0.5, 0.6) is 17.2 Å². The molecule has 4 rings (SSSR count). The molecule has 0 aliphatic carbocycles. The van der Waals surface area contributed by atoms with Crippen LogP contribution in [0.15, 0.2) is 89.8 Å². The topological polar surface area (TPSA) is 64.6 Å². The SMILES string of the molecule is COc1cccc(Oc2ccc(Cl)cc2NS(=O)(=O)c2ccc3ccccc3c2)c1. The van der Waals surface area contributed by atoms with Gasteiger partial charge in [0.05, 0.1) is 17.7 Å². The minimum absolute atomic E-state index is 0.147. The van der Waals surface area contributed by atoms with Gasteiger partial charge in [0, 0.05) is 11.1 Å². The van der Waals surface area contributed by atoms with E-state index in [-0.39, 0.29) is 10.6 Å². The average molecular weight is 440 g/mol. The number of sulfonamides is 1. The largest absolute Gasteiger partial charge is 0.497 e. The van der Waals surface area contributed by atoms with Crippen LogP contribution in [0.1, 0.15) is 0 Å². The van der Waals surface area contributed by atoms with Crippen LogP contribution in [0.25, 0.3) is 10.8 Å². The number of halogens is 1. The number of ether oxygens (including phenoxy) is 2. The second-order valence-corrected chi connectivity index (χ2v) is 8.65. The molecule has 0 saturated carbocycles. The van der Waals surface area contributed by atoms with Crippen LogP contribution in [-0.4, -0.2) is 15.5 Å². The third-order valence-corrected chi connectivity index (χ3v) is 6.08. The molecule has 30 heavy (non-hydrogen) atoms. The first-order valence-corrected chi connectivity index (χ1v) is 10.9. The van der Waals surface area contributed by atoms with Crippen molar-refractivity contribution in [1.82, 2.24) is 0 Å². The molecule has 0 amide bonds. The van der Waals surface area contributed by atoms with Gasteiger partial charge in [-0.3, -0.25) is 4.72 Å². The highest BCUT2D eigenvalue weighted by Crippen LogP contribution is 2.34. The summed E-state index contributed by atoms with van der Waals surface area (Å²) in [6.07, 6.45) is 0. The Hall–Kier alpha value is -3.22. The lowest BCUT2D eigenvalue weighted by molar-refractivity contribution is 0.409. The van der Waals surface area contributed by atoms with Crippen LogP contribution in [0, 0.1) is 0 Å². The van der Waals surface area contributed by atoms with Crippen LogP contribution < -0.4 is 14.2 Å². The molecule has 0 aromatic heterocycles. The molecule has 0 radical (unpaired) electrons. The summed E-state index contributed by atoms with van der Waals surface area (Å²) >= 11 is 6.11. The van der Waals surface area contributed by atoms with Gasteiger partial charge in [-0.1, -0.05) is 48.0 Å². The third kappa shape index (κ3) is 4.35. The highest BCUT2D eigenvalue weighted by atomic mass is 35.5. The molecule has 152 valence electrons. The summed E-state index contributed by atoms with van der Waals surface area (Å²) in [6.45, 7) is 0.